The Balaban J connectivity index is 3.52. The second kappa shape index (κ2) is 5.99. The van der Waals surface area contributed by atoms with Crippen molar-refractivity contribution >= 4 is 17.8 Å². The molecule has 1 atom stereocenters. The Morgan fingerprint density at radius 2 is 2.45 bits per heavy atom. The van der Waals surface area contributed by atoms with Gasteiger partial charge in [-0.05, 0) is 12.8 Å². The molecule has 4 heteroatoms. The minimum Gasteiger partial charge on any atom is -0.348 e. The lowest BCUT2D eigenvalue weighted by Crippen LogP contribution is -2.02. The lowest BCUT2D eigenvalue weighted by molar-refractivity contribution is -0.134. The highest BCUT2D eigenvalue weighted by molar-refractivity contribution is 6.13. The average molecular weight is 176 g/mol. The first kappa shape index (κ1) is 10.2. The van der Waals surface area contributed by atoms with Gasteiger partial charge in [-0.15, -0.1) is 0 Å². The molecule has 0 N–H and O–H groups in total. The van der Waals surface area contributed by atoms with Crippen molar-refractivity contribution in [1.29, 1.82) is 5.26 Å². The van der Waals surface area contributed by atoms with E-state index in [9.17, 15) is 4.79 Å². The molecule has 0 rings (SSSR count). The van der Waals surface area contributed by atoms with Crippen LogP contribution in [0.3, 0.4) is 0 Å². The zero-order valence-corrected chi connectivity index (χ0v) is 7.10. The van der Waals surface area contributed by atoms with Crippen LogP contribution in [-0.4, -0.2) is 5.97 Å². The van der Waals surface area contributed by atoms with Crippen molar-refractivity contribution < 1.29 is 9.08 Å². The molecule has 0 aliphatic rings. The zero-order valence-electron chi connectivity index (χ0n) is 6.34. The van der Waals surface area contributed by atoms with Gasteiger partial charge in [-0.3, -0.25) is 4.79 Å². The molecule has 0 aliphatic carbocycles. The number of hydrogen-bond donors (Lipinski definition) is 0. The molecule has 0 aromatic rings. The molecule has 0 saturated heterocycles. The maximum Gasteiger partial charge on any atom is 0.324 e. The molecular formula is C7H10ClNO2. The summed E-state index contributed by atoms with van der Waals surface area (Å²) < 4.78 is 3.91. The number of rotatable bonds is 4. The van der Waals surface area contributed by atoms with Gasteiger partial charge in [-0.1, -0.05) is 6.92 Å². The van der Waals surface area contributed by atoms with Gasteiger partial charge in [0.2, 0.25) is 0 Å². The summed E-state index contributed by atoms with van der Waals surface area (Å²) in [5.74, 6) is -0.536. The first-order valence-electron chi connectivity index (χ1n) is 3.45. The lowest BCUT2D eigenvalue weighted by Gasteiger charge is -2.01. The number of halogens is 1. The Labute approximate surface area is 71.1 Å². The molecule has 3 nitrogen and oxygen atoms in total. The summed E-state index contributed by atoms with van der Waals surface area (Å²) in [6, 6.07) is 2.08. The van der Waals surface area contributed by atoms with Crippen LogP contribution in [0.2, 0.25) is 0 Å². The van der Waals surface area contributed by atoms with Gasteiger partial charge in [0.05, 0.1) is 6.07 Å². The van der Waals surface area contributed by atoms with Crippen LogP contribution in [0.15, 0.2) is 0 Å². The normalized spacial score (nSPS) is 11.7. The molecule has 0 radical (unpaired) electrons. The third kappa shape index (κ3) is 4.63. The number of carbonyl (C=O) groups excluding carboxylic acids is 1. The second-order valence-corrected chi connectivity index (χ2v) is 2.38. The number of hydrogen-bond acceptors (Lipinski definition) is 3. The van der Waals surface area contributed by atoms with Gasteiger partial charge in [0.25, 0.3) is 0 Å². The summed E-state index contributed by atoms with van der Waals surface area (Å²) in [7, 11) is 0. The molecule has 1 unspecified atom stereocenters. The molecule has 0 saturated carbocycles. The van der Waals surface area contributed by atoms with Crippen molar-refractivity contribution in [2.75, 3.05) is 0 Å². The monoisotopic (exact) mass is 175 g/mol. The van der Waals surface area contributed by atoms with Crippen LogP contribution in [0.5, 0.6) is 0 Å². The summed E-state index contributed by atoms with van der Waals surface area (Å²) in [4.78, 5) is 10.5. The molecule has 62 valence electrons. The van der Waals surface area contributed by atoms with Crippen LogP contribution in [0, 0.1) is 17.2 Å². The Kier molecular flexibility index (Phi) is 5.58. The highest BCUT2D eigenvalue weighted by Crippen LogP contribution is 2.09. The molecule has 0 amide bonds. The number of nitriles is 1. The van der Waals surface area contributed by atoms with E-state index in [0.717, 1.165) is 6.42 Å². The van der Waals surface area contributed by atoms with E-state index >= 15 is 0 Å². The molecule has 0 bridgehead atoms. The van der Waals surface area contributed by atoms with E-state index in [1.165, 1.54) is 0 Å². The SMILES string of the molecule is CCC(C#N)CCC(=O)OCl. The van der Waals surface area contributed by atoms with Crippen molar-refractivity contribution in [2.45, 2.75) is 26.2 Å². The molecule has 11 heavy (non-hydrogen) atoms. The van der Waals surface area contributed by atoms with Crippen molar-refractivity contribution in [3.63, 3.8) is 0 Å². The maximum atomic E-state index is 10.5. The lowest BCUT2D eigenvalue weighted by atomic mass is 10.0. The highest BCUT2D eigenvalue weighted by Gasteiger charge is 2.08. The predicted octanol–water partition coefficient (Wildman–Crippen LogP) is 2.01. The Bertz CT molecular complexity index is 164. The summed E-state index contributed by atoms with van der Waals surface area (Å²) >= 11 is 4.79. The largest absolute Gasteiger partial charge is 0.348 e. The van der Waals surface area contributed by atoms with Gasteiger partial charge >= 0.3 is 5.97 Å². The maximum absolute atomic E-state index is 10.5. The fourth-order valence-electron chi connectivity index (χ4n) is 0.691. The Hall–Kier alpha value is -0.750. The molecular weight excluding hydrogens is 166 g/mol. The smallest absolute Gasteiger partial charge is 0.324 e. The van der Waals surface area contributed by atoms with Gasteiger partial charge in [0, 0.05) is 12.3 Å². The summed E-state index contributed by atoms with van der Waals surface area (Å²) in [6.07, 6.45) is 1.50. The Morgan fingerprint density at radius 3 is 2.82 bits per heavy atom. The van der Waals surface area contributed by atoms with Gasteiger partial charge < -0.3 is 4.29 Å². The third-order valence-corrected chi connectivity index (χ3v) is 1.63. The van der Waals surface area contributed by atoms with Crippen LogP contribution in [0.1, 0.15) is 26.2 Å². The average Bonchev–Trinajstić information content (AvgIpc) is 2.06. The van der Waals surface area contributed by atoms with Gasteiger partial charge in [0.15, 0.2) is 0 Å². The minimum absolute atomic E-state index is 0.0641. The molecule has 0 aromatic carbocycles. The van der Waals surface area contributed by atoms with Crippen LogP contribution < -0.4 is 0 Å². The zero-order chi connectivity index (χ0) is 8.69. The predicted molar refractivity (Wildman–Crippen MR) is 40.6 cm³/mol. The highest BCUT2D eigenvalue weighted by atomic mass is 35.5. The van der Waals surface area contributed by atoms with E-state index < -0.39 is 5.97 Å². The van der Waals surface area contributed by atoms with Crippen molar-refractivity contribution in [3.05, 3.63) is 0 Å². The van der Waals surface area contributed by atoms with Crippen LogP contribution in [-0.2, 0) is 9.08 Å². The topological polar surface area (TPSA) is 50.1 Å². The standard InChI is InChI=1S/C7H10ClNO2/c1-2-6(5-9)3-4-7(10)11-8/h6H,2-4H2,1H3. The second-order valence-electron chi connectivity index (χ2n) is 2.22. The Morgan fingerprint density at radius 1 is 1.82 bits per heavy atom. The fourth-order valence-corrected chi connectivity index (χ4v) is 0.768. The van der Waals surface area contributed by atoms with E-state index in [-0.39, 0.29) is 12.3 Å². The van der Waals surface area contributed by atoms with Gasteiger partial charge in [-0.2, -0.15) is 5.26 Å². The summed E-state index contributed by atoms with van der Waals surface area (Å²) in [5, 5.41) is 8.48. The fraction of sp³-hybridized carbons (Fsp3) is 0.714. The number of carbonyl (C=O) groups is 1. The van der Waals surface area contributed by atoms with Crippen molar-refractivity contribution in [1.82, 2.24) is 0 Å². The minimum atomic E-state index is -0.472. The first-order chi connectivity index (χ1) is 5.24. The van der Waals surface area contributed by atoms with Crippen molar-refractivity contribution in [2.24, 2.45) is 5.92 Å². The van der Waals surface area contributed by atoms with E-state index in [4.69, 9.17) is 17.1 Å². The van der Waals surface area contributed by atoms with Gasteiger partial charge in [0.1, 0.15) is 11.9 Å². The quantitative estimate of drug-likeness (QED) is 0.657. The first-order valence-corrected chi connectivity index (χ1v) is 3.76. The van der Waals surface area contributed by atoms with E-state index in [0.29, 0.717) is 6.42 Å². The molecule has 0 aliphatic heterocycles. The van der Waals surface area contributed by atoms with Crippen molar-refractivity contribution in [3.8, 4) is 6.07 Å². The van der Waals surface area contributed by atoms with Crippen LogP contribution >= 0.6 is 11.9 Å². The molecule has 0 spiro atoms. The number of nitrogens with zero attached hydrogens (tertiary/aromatic N) is 1. The molecule has 0 heterocycles. The summed E-state index contributed by atoms with van der Waals surface area (Å²) in [5.41, 5.74) is 0. The van der Waals surface area contributed by atoms with E-state index in [1.807, 2.05) is 6.92 Å². The van der Waals surface area contributed by atoms with Crippen LogP contribution in [0.4, 0.5) is 0 Å². The summed E-state index contributed by atoms with van der Waals surface area (Å²) in [6.45, 7) is 1.90. The van der Waals surface area contributed by atoms with Crippen LogP contribution in [0.25, 0.3) is 0 Å². The molecule has 0 aromatic heterocycles. The third-order valence-electron chi connectivity index (χ3n) is 1.46. The molecule has 0 fully saturated rings. The van der Waals surface area contributed by atoms with Gasteiger partial charge in [-0.25, -0.2) is 0 Å². The van der Waals surface area contributed by atoms with E-state index in [1.54, 1.807) is 0 Å². The van der Waals surface area contributed by atoms with E-state index in [2.05, 4.69) is 10.4 Å².